The smallest absolute Gasteiger partial charge is 0.275 e. The molecule has 32 heavy (non-hydrogen) atoms. The Balaban J connectivity index is 1.70. The van der Waals surface area contributed by atoms with Crippen molar-refractivity contribution in [3.8, 4) is 11.5 Å². The second-order valence-electron chi connectivity index (χ2n) is 7.00. The second-order valence-corrected chi connectivity index (χ2v) is 8.83. The van der Waals surface area contributed by atoms with E-state index in [4.69, 9.17) is 9.47 Å². The molecule has 7 heteroatoms. The van der Waals surface area contributed by atoms with Gasteiger partial charge < -0.3 is 9.47 Å². The Morgan fingerprint density at radius 1 is 0.969 bits per heavy atom. The van der Waals surface area contributed by atoms with E-state index in [-0.39, 0.29) is 5.91 Å². The van der Waals surface area contributed by atoms with Crippen LogP contribution >= 0.6 is 31.9 Å². The minimum Gasteiger partial charge on any atom is -0.493 e. The maximum atomic E-state index is 12.8. The van der Waals surface area contributed by atoms with Crippen molar-refractivity contribution in [2.24, 2.45) is 5.10 Å². The van der Waals surface area contributed by atoms with E-state index in [1.165, 1.54) is 0 Å². The van der Waals surface area contributed by atoms with Crippen molar-refractivity contribution in [3.05, 3.63) is 92.4 Å². The maximum Gasteiger partial charge on any atom is 0.275 e. The standard InChI is InChI=1S/C25H24Br2N2O3/c1-2-3-13-31-23-11-9-20(26)14-19(23)16-28-29-25(30)22-15-21(27)10-12-24(22)32-17-18-7-5-4-6-8-18/h4-12,14-16H,2-3,13,17H2,1H3,(H,29,30)/b28-16+. The summed E-state index contributed by atoms with van der Waals surface area (Å²) in [5.41, 5.74) is 4.76. The first-order valence-electron chi connectivity index (χ1n) is 10.3. The number of halogens is 2. The fraction of sp³-hybridized carbons (Fsp3) is 0.200. The maximum absolute atomic E-state index is 12.8. The third kappa shape index (κ3) is 7.21. The van der Waals surface area contributed by atoms with E-state index in [1.54, 1.807) is 18.3 Å². The highest BCUT2D eigenvalue weighted by Crippen LogP contribution is 2.25. The number of rotatable bonds is 10. The zero-order valence-corrected chi connectivity index (χ0v) is 20.9. The van der Waals surface area contributed by atoms with Crippen LogP contribution in [0.4, 0.5) is 0 Å². The average molecular weight is 560 g/mol. The summed E-state index contributed by atoms with van der Waals surface area (Å²) in [7, 11) is 0. The first kappa shape index (κ1) is 24.0. The molecule has 0 atom stereocenters. The van der Waals surface area contributed by atoms with Crippen molar-refractivity contribution in [2.75, 3.05) is 6.61 Å². The van der Waals surface area contributed by atoms with E-state index in [0.29, 0.717) is 30.3 Å². The molecule has 0 aliphatic heterocycles. The highest BCUT2D eigenvalue weighted by molar-refractivity contribution is 9.10. The van der Waals surface area contributed by atoms with Crippen molar-refractivity contribution in [1.82, 2.24) is 5.43 Å². The van der Waals surface area contributed by atoms with Gasteiger partial charge in [0.25, 0.3) is 5.91 Å². The Morgan fingerprint density at radius 2 is 1.69 bits per heavy atom. The average Bonchev–Trinajstić information content (AvgIpc) is 2.80. The second kappa shape index (κ2) is 12.4. The molecule has 0 unspecified atom stereocenters. The molecule has 5 nitrogen and oxygen atoms in total. The predicted molar refractivity (Wildman–Crippen MR) is 135 cm³/mol. The fourth-order valence-corrected chi connectivity index (χ4v) is 3.58. The third-order valence-corrected chi connectivity index (χ3v) is 5.51. The van der Waals surface area contributed by atoms with E-state index >= 15 is 0 Å². The minimum absolute atomic E-state index is 0.364. The van der Waals surface area contributed by atoms with Crippen LogP contribution in [-0.2, 0) is 6.61 Å². The molecule has 0 bridgehead atoms. The zero-order valence-electron chi connectivity index (χ0n) is 17.7. The SMILES string of the molecule is CCCCOc1ccc(Br)cc1/C=N/NC(=O)c1cc(Br)ccc1OCc1ccccc1. The molecule has 3 aromatic rings. The molecule has 0 spiro atoms. The summed E-state index contributed by atoms with van der Waals surface area (Å²) in [6.07, 6.45) is 3.60. The van der Waals surface area contributed by atoms with Gasteiger partial charge in [-0.3, -0.25) is 4.79 Å². The number of ether oxygens (including phenoxy) is 2. The Morgan fingerprint density at radius 3 is 2.44 bits per heavy atom. The number of carbonyl (C=O) groups excluding carboxylic acids is 1. The van der Waals surface area contributed by atoms with Gasteiger partial charge in [-0.05, 0) is 48.4 Å². The summed E-state index contributed by atoms with van der Waals surface area (Å²) < 4.78 is 13.4. The molecule has 0 saturated carbocycles. The van der Waals surface area contributed by atoms with Gasteiger partial charge in [0.2, 0.25) is 0 Å². The van der Waals surface area contributed by atoms with Crippen LogP contribution in [0.1, 0.15) is 41.3 Å². The number of benzene rings is 3. The molecule has 0 saturated heterocycles. The number of amides is 1. The molecule has 1 N–H and O–H groups in total. The molecule has 166 valence electrons. The van der Waals surface area contributed by atoms with Crippen molar-refractivity contribution in [2.45, 2.75) is 26.4 Å². The van der Waals surface area contributed by atoms with Crippen molar-refractivity contribution >= 4 is 44.0 Å². The van der Waals surface area contributed by atoms with Gasteiger partial charge in [-0.2, -0.15) is 5.10 Å². The normalized spacial score (nSPS) is 10.8. The Kier molecular flexibility index (Phi) is 9.31. The Bertz CT molecular complexity index is 1070. The van der Waals surface area contributed by atoms with Gasteiger partial charge in [-0.15, -0.1) is 0 Å². The quantitative estimate of drug-likeness (QED) is 0.170. The molecule has 0 aromatic heterocycles. The summed E-state index contributed by atoms with van der Waals surface area (Å²) in [6, 6.07) is 20.8. The van der Waals surface area contributed by atoms with Crippen LogP contribution in [0.15, 0.2) is 80.8 Å². The number of hydrazone groups is 1. The van der Waals surface area contributed by atoms with Gasteiger partial charge in [0.1, 0.15) is 18.1 Å². The number of unbranched alkanes of at least 4 members (excludes halogenated alkanes) is 1. The molecule has 0 radical (unpaired) electrons. The molecule has 0 aliphatic carbocycles. The lowest BCUT2D eigenvalue weighted by Crippen LogP contribution is -2.19. The van der Waals surface area contributed by atoms with E-state index in [1.807, 2.05) is 54.6 Å². The van der Waals surface area contributed by atoms with Crippen LogP contribution in [-0.4, -0.2) is 18.7 Å². The Hall–Kier alpha value is -2.64. The summed E-state index contributed by atoms with van der Waals surface area (Å²) in [5, 5.41) is 4.14. The lowest BCUT2D eigenvalue weighted by molar-refractivity contribution is 0.0950. The van der Waals surface area contributed by atoms with Gasteiger partial charge in [-0.1, -0.05) is 75.5 Å². The molecular weight excluding hydrogens is 536 g/mol. The number of nitrogens with zero attached hydrogens (tertiary/aromatic N) is 1. The molecule has 0 heterocycles. The van der Waals surface area contributed by atoms with Crippen molar-refractivity contribution < 1.29 is 14.3 Å². The molecule has 3 rings (SSSR count). The van der Waals surface area contributed by atoms with Crippen LogP contribution < -0.4 is 14.9 Å². The van der Waals surface area contributed by atoms with Crippen LogP contribution in [0.5, 0.6) is 11.5 Å². The van der Waals surface area contributed by atoms with E-state index in [2.05, 4.69) is 49.3 Å². The minimum atomic E-state index is -0.367. The first-order valence-corrected chi connectivity index (χ1v) is 11.9. The largest absolute Gasteiger partial charge is 0.493 e. The van der Waals surface area contributed by atoms with Gasteiger partial charge in [0.05, 0.1) is 18.4 Å². The molecule has 0 fully saturated rings. The molecular formula is C25H24Br2N2O3. The van der Waals surface area contributed by atoms with Crippen LogP contribution in [0.25, 0.3) is 0 Å². The monoisotopic (exact) mass is 558 g/mol. The number of hydrogen-bond acceptors (Lipinski definition) is 4. The zero-order chi connectivity index (χ0) is 22.8. The van der Waals surface area contributed by atoms with E-state index in [9.17, 15) is 4.79 Å². The lowest BCUT2D eigenvalue weighted by Gasteiger charge is -2.11. The predicted octanol–water partition coefficient (Wildman–Crippen LogP) is 6.73. The van der Waals surface area contributed by atoms with Crippen molar-refractivity contribution in [3.63, 3.8) is 0 Å². The van der Waals surface area contributed by atoms with E-state index < -0.39 is 0 Å². The summed E-state index contributed by atoms with van der Waals surface area (Å²) in [5.74, 6) is 0.832. The summed E-state index contributed by atoms with van der Waals surface area (Å²) in [4.78, 5) is 12.8. The van der Waals surface area contributed by atoms with Gasteiger partial charge >= 0.3 is 0 Å². The molecule has 0 aliphatic rings. The highest BCUT2D eigenvalue weighted by atomic mass is 79.9. The van der Waals surface area contributed by atoms with Crippen LogP contribution in [0.2, 0.25) is 0 Å². The summed E-state index contributed by atoms with van der Waals surface area (Å²) in [6.45, 7) is 3.11. The number of carbonyl (C=O) groups is 1. The third-order valence-electron chi connectivity index (χ3n) is 4.52. The fourth-order valence-electron chi connectivity index (χ4n) is 2.84. The number of nitrogens with one attached hydrogen (secondary N) is 1. The van der Waals surface area contributed by atoms with Gasteiger partial charge in [0.15, 0.2) is 0 Å². The lowest BCUT2D eigenvalue weighted by atomic mass is 10.2. The van der Waals surface area contributed by atoms with Gasteiger partial charge in [-0.25, -0.2) is 5.43 Å². The van der Waals surface area contributed by atoms with Crippen LogP contribution in [0, 0.1) is 0 Å². The first-order chi connectivity index (χ1) is 15.6. The highest BCUT2D eigenvalue weighted by Gasteiger charge is 2.13. The molecule has 3 aromatic carbocycles. The van der Waals surface area contributed by atoms with Crippen molar-refractivity contribution in [1.29, 1.82) is 0 Å². The topological polar surface area (TPSA) is 59.9 Å². The molecule has 1 amide bonds. The van der Waals surface area contributed by atoms with Gasteiger partial charge in [0, 0.05) is 14.5 Å². The van der Waals surface area contributed by atoms with E-state index in [0.717, 1.165) is 32.9 Å². The Labute approximate surface area is 205 Å². The summed E-state index contributed by atoms with van der Waals surface area (Å²) >= 11 is 6.88. The number of hydrogen-bond donors (Lipinski definition) is 1. The van der Waals surface area contributed by atoms with Crippen LogP contribution in [0.3, 0.4) is 0 Å².